The zero-order valence-corrected chi connectivity index (χ0v) is 18.4. The Hall–Kier alpha value is -3.52. The molecule has 0 radical (unpaired) electrons. The van der Waals surface area contributed by atoms with Gasteiger partial charge in [0.25, 0.3) is 0 Å². The largest absolute Gasteiger partial charge is 0.497 e. The van der Waals surface area contributed by atoms with Gasteiger partial charge in [-0.3, -0.25) is 0 Å². The number of alkyl carbamates (subject to hydrolysis) is 1. The van der Waals surface area contributed by atoms with Crippen LogP contribution >= 0.6 is 11.6 Å². The molecule has 0 bridgehead atoms. The molecule has 0 saturated heterocycles. The smallest absolute Gasteiger partial charge is 0.415 e. The van der Waals surface area contributed by atoms with Gasteiger partial charge in [0.1, 0.15) is 17.1 Å². The Balaban J connectivity index is 1.45. The van der Waals surface area contributed by atoms with Gasteiger partial charge in [-0.25, -0.2) is 9.59 Å². The topological polar surface area (TPSA) is 93.9 Å². The molecule has 1 atom stereocenters. The van der Waals surface area contributed by atoms with Gasteiger partial charge in [0.2, 0.25) is 0 Å². The number of methoxy groups -OCH3 is 1. The van der Waals surface area contributed by atoms with E-state index in [9.17, 15) is 9.59 Å². The number of aromatic nitrogens is 1. The summed E-state index contributed by atoms with van der Waals surface area (Å²) < 4.78 is 15.6. The Kier molecular flexibility index (Phi) is 6.32. The molecule has 2 heterocycles. The van der Waals surface area contributed by atoms with Crippen molar-refractivity contribution in [1.82, 2.24) is 10.5 Å². The maximum absolute atomic E-state index is 12.4. The number of carbonyl (C=O) groups is 2. The number of fused-ring (bicyclic) bond motifs is 1. The first-order chi connectivity index (χ1) is 15.5. The molecule has 9 heteroatoms. The lowest BCUT2D eigenvalue weighted by atomic mass is 10.0. The van der Waals surface area contributed by atoms with Gasteiger partial charge in [-0.2, -0.15) is 0 Å². The van der Waals surface area contributed by atoms with Crippen LogP contribution in [0.5, 0.6) is 5.75 Å². The summed E-state index contributed by atoms with van der Waals surface area (Å²) in [6.45, 7) is 3.14. The summed E-state index contributed by atoms with van der Waals surface area (Å²) in [6.07, 6.45) is -0.292. The number of aryl methyl sites for hydroxylation is 1. The number of halogens is 1. The number of amides is 1. The van der Waals surface area contributed by atoms with Crippen LogP contribution in [-0.2, 0) is 11.3 Å². The summed E-state index contributed by atoms with van der Waals surface area (Å²) in [4.78, 5) is 26.8. The van der Waals surface area contributed by atoms with E-state index in [2.05, 4.69) is 15.4 Å². The fourth-order valence-corrected chi connectivity index (χ4v) is 3.93. The normalized spacial score (nSPS) is 15.1. The fourth-order valence-electron chi connectivity index (χ4n) is 3.72. The third kappa shape index (κ3) is 4.55. The second-order valence-electron chi connectivity index (χ2n) is 7.38. The van der Waals surface area contributed by atoms with Gasteiger partial charge >= 0.3 is 12.1 Å². The maximum Gasteiger partial charge on any atom is 0.415 e. The molecular weight excluding hydrogens is 434 g/mol. The first-order valence-corrected chi connectivity index (χ1v) is 10.5. The molecule has 1 unspecified atom stereocenters. The molecule has 1 aromatic heterocycles. The Morgan fingerprint density at radius 2 is 1.97 bits per heavy atom. The van der Waals surface area contributed by atoms with Crippen molar-refractivity contribution in [3.63, 3.8) is 0 Å². The number of carbonyl (C=O) groups excluding carboxylic acids is 2. The standard InChI is InChI=1S/C23H22ClN3O5/c1-14-21-20(26-32-14)19(11-12-27(21)13-15-7-9-16(30-2)10-8-15)25-23(29)31-22(28)17-5-3-4-6-18(17)24/h3-10,19H,11-13H2,1-2H3,(H,25,29). The Labute approximate surface area is 190 Å². The summed E-state index contributed by atoms with van der Waals surface area (Å²) >= 11 is 6.00. The van der Waals surface area contributed by atoms with Crippen LogP contribution < -0.4 is 15.0 Å². The van der Waals surface area contributed by atoms with Crippen molar-refractivity contribution in [2.75, 3.05) is 18.6 Å². The third-order valence-electron chi connectivity index (χ3n) is 5.29. The highest BCUT2D eigenvalue weighted by Crippen LogP contribution is 2.37. The zero-order chi connectivity index (χ0) is 22.7. The number of anilines is 1. The maximum atomic E-state index is 12.4. The third-order valence-corrected chi connectivity index (χ3v) is 5.62. The number of hydrogen-bond acceptors (Lipinski definition) is 7. The number of ether oxygens (including phenoxy) is 2. The van der Waals surface area contributed by atoms with E-state index >= 15 is 0 Å². The van der Waals surface area contributed by atoms with E-state index in [4.69, 9.17) is 25.6 Å². The molecule has 4 rings (SSSR count). The van der Waals surface area contributed by atoms with E-state index in [-0.39, 0.29) is 10.6 Å². The molecule has 2 aromatic carbocycles. The van der Waals surface area contributed by atoms with Crippen molar-refractivity contribution < 1.29 is 23.6 Å². The summed E-state index contributed by atoms with van der Waals surface area (Å²) in [5.41, 5.74) is 2.66. The van der Waals surface area contributed by atoms with Crippen LogP contribution in [0.3, 0.4) is 0 Å². The number of nitrogens with zero attached hydrogens (tertiary/aromatic N) is 2. The first kappa shape index (κ1) is 21.7. The second kappa shape index (κ2) is 9.32. The van der Waals surface area contributed by atoms with E-state index < -0.39 is 18.1 Å². The van der Waals surface area contributed by atoms with Crippen molar-refractivity contribution in [1.29, 1.82) is 0 Å². The molecule has 1 aliphatic rings. The van der Waals surface area contributed by atoms with E-state index in [0.717, 1.165) is 17.0 Å². The van der Waals surface area contributed by atoms with Crippen molar-refractivity contribution in [2.45, 2.75) is 25.9 Å². The summed E-state index contributed by atoms with van der Waals surface area (Å²) in [5, 5.41) is 7.08. The van der Waals surface area contributed by atoms with Crippen molar-refractivity contribution >= 4 is 29.4 Å². The van der Waals surface area contributed by atoms with Gasteiger partial charge in [-0.1, -0.05) is 41.0 Å². The van der Waals surface area contributed by atoms with E-state index in [1.165, 1.54) is 6.07 Å². The highest BCUT2D eigenvalue weighted by molar-refractivity contribution is 6.33. The van der Waals surface area contributed by atoms with E-state index in [0.29, 0.717) is 31.0 Å². The van der Waals surface area contributed by atoms with Gasteiger partial charge in [-0.15, -0.1) is 0 Å². The summed E-state index contributed by atoms with van der Waals surface area (Å²) in [7, 11) is 1.63. The highest BCUT2D eigenvalue weighted by atomic mass is 35.5. The van der Waals surface area contributed by atoms with Crippen LogP contribution in [0.1, 0.15) is 39.8 Å². The minimum Gasteiger partial charge on any atom is -0.497 e. The number of rotatable bonds is 5. The lowest BCUT2D eigenvalue weighted by Crippen LogP contribution is -2.38. The molecule has 0 saturated carbocycles. The second-order valence-corrected chi connectivity index (χ2v) is 7.79. The van der Waals surface area contributed by atoms with Crippen LogP contribution in [0.4, 0.5) is 10.5 Å². The monoisotopic (exact) mass is 455 g/mol. The average molecular weight is 456 g/mol. The van der Waals surface area contributed by atoms with Crippen molar-refractivity contribution in [3.8, 4) is 5.75 Å². The van der Waals surface area contributed by atoms with Crippen LogP contribution in [0, 0.1) is 6.92 Å². The molecule has 32 heavy (non-hydrogen) atoms. The minimum atomic E-state index is -0.866. The number of benzene rings is 2. The predicted molar refractivity (Wildman–Crippen MR) is 118 cm³/mol. The van der Waals surface area contributed by atoms with Crippen molar-refractivity contribution in [2.24, 2.45) is 0 Å². The molecule has 166 valence electrons. The Morgan fingerprint density at radius 1 is 1.22 bits per heavy atom. The van der Waals surface area contributed by atoms with Gasteiger partial charge in [0.05, 0.1) is 23.7 Å². The SMILES string of the molecule is COc1ccc(CN2CCC(NC(=O)OC(=O)c3ccccc3Cl)c3noc(C)c32)cc1. The van der Waals surface area contributed by atoms with Crippen LogP contribution in [0.25, 0.3) is 0 Å². The lowest BCUT2D eigenvalue weighted by Gasteiger charge is -2.32. The molecular formula is C23H22ClN3O5. The quantitative estimate of drug-likeness (QED) is 0.441. The van der Waals surface area contributed by atoms with Gasteiger partial charge in [-0.05, 0) is 43.2 Å². The van der Waals surface area contributed by atoms with Crippen LogP contribution in [0.15, 0.2) is 53.1 Å². The first-order valence-electron chi connectivity index (χ1n) is 10.1. The van der Waals surface area contributed by atoms with Crippen LogP contribution in [0.2, 0.25) is 5.02 Å². The highest BCUT2D eigenvalue weighted by Gasteiger charge is 2.33. The number of nitrogens with one attached hydrogen (secondary N) is 1. The molecule has 0 spiro atoms. The van der Waals surface area contributed by atoms with E-state index in [1.807, 2.05) is 31.2 Å². The predicted octanol–water partition coefficient (Wildman–Crippen LogP) is 4.66. The van der Waals surface area contributed by atoms with E-state index in [1.54, 1.807) is 25.3 Å². The summed E-state index contributed by atoms with van der Waals surface area (Å²) in [6, 6.07) is 13.8. The molecule has 1 N–H and O–H groups in total. The molecule has 8 nitrogen and oxygen atoms in total. The zero-order valence-electron chi connectivity index (χ0n) is 17.6. The minimum absolute atomic E-state index is 0.122. The molecule has 1 aliphatic heterocycles. The van der Waals surface area contributed by atoms with Crippen LogP contribution in [-0.4, -0.2) is 30.9 Å². The van der Waals surface area contributed by atoms with Gasteiger partial charge < -0.3 is 24.2 Å². The Morgan fingerprint density at radius 3 is 2.69 bits per heavy atom. The lowest BCUT2D eigenvalue weighted by molar-refractivity contribution is 0.0616. The molecule has 0 aliphatic carbocycles. The van der Waals surface area contributed by atoms with Crippen molar-refractivity contribution in [3.05, 3.63) is 76.1 Å². The van der Waals surface area contributed by atoms with Gasteiger partial charge in [0, 0.05) is 13.1 Å². The fraction of sp³-hybridized carbons (Fsp3) is 0.261. The summed E-state index contributed by atoms with van der Waals surface area (Å²) in [5.74, 6) is 0.630. The molecule has 1 amide bonds. The molecule has 3 aromatic rings. The average Bonchev–Trinajstić information content (AvgIpc) is 3.18. The number of esters is 1. The Bertz CT molecular complexity index is 1130. The number of hydrogen-bond donors (Lipinski definition) is 1. The van der Waals surface area contributed by atoms with Gasteiger partial charge in [0.15, 0.2) is 5.76 Å². The molecule has 0 fully saturated rings.